The molecule has 0 unspecified atom stereocenters. The smallest absolute Gasteiger partial charge is 0.191 e. The Morgan fingerprint density at radius 1 is 1.28 bits per heavy atom. The molecule has 4 nitrogen and oxygen atoms in total. The van der Waals surface area contributed by atoms with Gasteiger partial charge in [-0.25, -0.2) is 9.97 Å². The van der Waals surface area contributed by atoms with E-state index in [1.54, 1.807) is 0 Å². The standard InChI is InChI=1S/C13H22N4S/c1-13(2)5-4-7-17(8-6-13)11-9-10(14)15-12(16-11)18-3/h9H,4-8H2,1-3H3,(H2,14,15,16). The molecule has 1 aromatic heterocycles. The quantitative estimate of drug-likeness (QED) is 0.659. The third-order valence-electron chi connectivity index (χ3n) is 3.56. The lowest BCUT2D eigenvalue weighted by Gasteiger charge is -2.24. The van der Waals surface area contributed by atoms with Crippen LogP contribution in [0.2, 0.25) is 0 Å². The third kappa shape index (κ3) is 3.28. The van der Waals surface area contributed by atoms with Crippen LogP contribution in [0.25, 0.3) is 0 Å². The van der Waals surface area contributed by atoms with Crippen molar-refractivity contribution in [1.29, 1.82) is 0 Å². The number of thioether (sulfide) groups is 1. The van der Waals surface area contributed by atoms with Crippen molar-refractivity contribution < 1.29 is 0 Å². The fraction of sp³-hybridized carbons (Fsp3) is 0.692. The molecule has 0 radical (unpaired) electrons. The molecule has 0 spiro atoms. The average molecular weight is 266 g/mol. The van der Waals surface area contributed by atoms with E-state index in [0.29, 0.717) is 11.2 Å². The Bertz CT molecular complexity index is 419. The molecule has 2 heterocycles. The summed E-state index contributed by atoms with van der Waals surface area (Å²) in [4.78, 5) is 11.1. The Labute approximate surface area is 113 Å². The predicted octanol–water partition coefficient (Wildman–Crippen LogP) is 2.80. The normalized spacial score (nSPS) is 19.6. The van der Waals surface area contributed by atoms with Crippen molar-refractivity contribution >= 4 is 23.4 Å². The van der Waals surface area contributed by atoms with Gasteiger partial charge in [-0.15, -0.1) is 0 Å². The van der Waals surface area contributed by atoms with E-state index in [9.17, 15) is 0 Å². The van der Waals surface area contributed by atoms with Gasteiger partial charge in [-0.2, -0.15) is 0 Å². The van der Waals surface area contributed by atoms with Crippen molar-refractivity contribution in [2.45, 2.75) is 38.3 Å². The zero-order valence-corrected chi connectivity index (χ0v) is 12.3. The Morgan fingerprint density at radius 2 is 2.06 bits per heavy atom. The van der Waals surface area contributed by atoms with Crippen LogP contribution in [0.4, 0.5) is 11.6 Å². The van der Waals surface area contributed by atoms with E-state index in [-0.39, 0.29) is 0 Å². The van der Waals surface area contributed by atoms with E-state index in [4.69, 9.17) is 5.73 Å². The van der Waals surface area contributed by atoms with E-state index in [2.05, 4.69) is 28.7 Å². The molecule has 1 aliphatic heterocycles. The van der Waals surface area contributed by atoms with Crippen LogP contribution in [0.3, 0.4) is 0 Å². The van der Waals surface area contributed by atoms with Gasteiger partial charge >= 0.3 is 0 Å². The maximum atomic E-state index is 5.84. The number of nitrogens with two attached hydrogens (primary N) is 1. The van der Waals surface area contributed by atoms with Crippen LogP contribution in [0.1, 0.15) is 33.1 Å². The first kappa shape index (κ1) is 13.5. The highest BCUT2D eigenvalue weighted by Crippen LogP contribution is 2.31. The fourth-order valence-electron chi connectivity index (χ4n) is 2.34. The second kappa shape index (κ2) is 5.34. The maximum absolute atomic E-state index is 5.84. The Kier molecular flexibility index (Phi) is 4.00. The highest BCUT2D eigenvalue weighted by atomic mass is 32.2. The number of nitrogen functional groups attached to an aromatic ring is 1. The van der Waals surface area contributed by atoms with Crippen LogP contribution < -0.4 is 10.6 Å². The largest absolute Gasteiger partial charge is 0.383 e. The van der Waals surface area contributed by atoms with Gasteiger partial charge in [0.1, 0.15) is 11.6 Å². The molecule has 0 aliphatic carbocycles. The molecule has 0 bridgehead atoms. The molecule has 0 aromatic carbocycles. The molecule has 1 aliphatic rings. The van der Waals surface area contributed by atoms with Crippen LogP contribution in [0, 0.1) is 5.41 Å². The van der Waals surface area contributed by atoms with Gasteiger partial charge < -0.3 is 10.6 Å². The van der Waals surface area contributed by atoms with E-state index in [1.807, 2.05) is 12.3 Å². The van der Waals surface area contributed by atoms with Gasteiger partial charge in [-0.1, -0.05) is 25.6 Å². The highest BCUT2D eigenvalue weighted by molar-refractivity contribution is 7.98. The summed E-state index contributed by atoms with van der Waals surface area (Å²) in [5.41, 5.74) is 6.28. The number of rotatable bonds is 2. The number of hydrogen-bond donors (Lipinski definition) is 1. The van der Waals surface area contributed by atoms with Crippen molar-refractivity contribution in [3.8, 4) is 0 Å². The molecule has 1 aromatic rings. The molecular formula is C13H22N4S. The number of hydrogen-bond acceptors (Lipinski definition) is 5. The van der Waals surface area contributed by atoms with Crippen LogP contribution in [0.5, 0.6) is 0 Å². The van der Waals surface area contributed by atoms with Gasteiger partial charge in [0.25, 0.3) is 0 Å². The molecule has 18 heavy (non-hydrogen) atoms. The molecule has 1 saturated heterocycles. The Hall–Kier alpha value is -0.970. The summed E-state index contributed by atoms with van der Waals surface area (Å²) in [7, 11) is 0. The summed E-state index contributed by atoms with van der Waals surface area (Å²) in [6.45, 7) is 6.81. The minimum atomic E-state index is 0.440. The first-order chi connectivity index (χ1) is 8.50. The molecular weight excluding hydrogens is 244 g/mol. The van der Waals surface area contributed by atoms with Crippen LogP contribution in [0.15, 0.2) is 11.2 Å². The van der Waals surface area contributed by atoms with Crippen molar-refractivity contribution in [3.63, 3.8) is 0 Å². The minimum Gasteiger partial charge on any atom is -0.383 e. The first-order valence-electron chi connectivity index (χ1n) is 6.44. The molecule has 0 saturated carbocycles. The third-order valence-corrected chi connectivity index (χ3v) is 4.11. The second-order valence-electron chi connectivity index (χ2n) is 5.64. The minimum absolute atomic E-state index is 0.440. The van der Waals surface area contributed by atoms with Gasteiger partial charge in [0, 0.05) is 19.2 Å². The van der Waals surface area contributed by atoms with Crippen molar-refractivity contribution in [3.05, 3.63) is 6.07 Å². The van der Waals surface area contributed by atoms with Crippen molar-refractivity contribution in [2.24, 2.45) is 5.41 Å². The lowest BCUT2D eigenvalue weighted by Crippen LogP contribution is -2.26. The molecule has 1 fully saturated rings. The number of anilines is 2. The Morgan fingerprint density at radius 3 is 2.78 bits per heavy atom. The SMILES string of the molecule is CSc1nc(N)cc(N2CCCC(C)(C)CC2)n1. The van der Waals surface area contributed by atoms with Crippen LogP contribution in [-0.2, 0) is 0 Å². The summed E-state index contributed by atoms with van der Waals surface area (Å²) in [5.74, 6) is 1.54. The van der Waals surface area contributed by atoms with Crippen LogP contribution >= 0.6 is 11.8 Å². The molecule has 2 rings (SSSR count). The molecule has 0 atom stereocenters. The first-order valence-corrected chi connectivity index (χ1v) is 7.66. The molecule has 5 heteroatoms. The van der Waals surface area contributed by atoms with Gasteiger partial charge in [0.15, 0.2) is 5.16 Å². The second-order valence-corrected chi connectivity index (χ2v) is 6.42. The molecule has 0 amide bonds. The lowest BCUT2D eigenvalue weighted by molar-refractivity contribution is 0.325. The molecule has 100 valence electrons. The van der Waals surface area contributed by atoms with Crippen molar-refractivity contribution in [1.82, 2.24) is 9.97 Å². The van der Waals surface area contributed by atoms with Crippen molar-refractivity contribution in [2.75, 3.05) is 30.0 Å². The summed E-state index contributed by atoms with van der Waals surface area (Å²) in [6, 6.07) is 1.89. The molecule has 2 N–H and O–H groups in total. The van der Waals surface area contributed by atoms with Gasteiger partial charge in [0.05, 0.1) is 0 Å². The van der Waals surface area contributed by atoms with E-state index in [0.717, 1.165) is 24.1 Å². The van der Waals surface area contributed by atoms with E-state index < -0.39 is 0 Å². The fourth-order valence-corrected chi connectivity index (χ4v) is 2.72. The summed E-state index contributed by atoms with van der Waals surface area (Å²) in [6.07, 6.45) is 5.67. The Balaban J connectivity index is 2.18. The topological polar surface area (TPSA) is 55.0 Å². The summed E-state index contributed by atoms with van der Waals surface area (Å²) >= 11 is 1.54. The number of aromatic nitrogens is 2. The van der Waals surface area contributed by atoms with Gasteiger partial charge in [0.2, 0.25) is 0 Å². The van der Waals surface area contributed by atoms with Gasteiger partial charge in [-0.3, -0.25) is 0 Å². The monoisotopic (exact) mass is 266 g/mol. The van der Waals surface area contributed by atoms with Crippen LogP contribution in [-0.4, -0.2) is 29.3 Å². The average Bonchev–Trinajstić information content (AvgIpc) is 2.49. The van der Waals surface area contributed by atoms with E-state index in [1.165, 1.54) is 31.0 Å². The number of nitrogens with zero attached hydrogens (tertiary/aromatic N) is 3. The zero-order chi connectivity index (χ0) is 13.2. The highest BCUT2D eigenvalue weighted by Gasteiger charge is 2.23. The van der Waals surface area contributed by atoms with E-state index >= 15 is 0 Å². The maximum Gasteiger partial charge on any atom is 0.191 e. The zero-order valence-electron chi connectivity index (χ0n) is 11.4. The summed E-state index contributed by atoms with van der Waals surface area (Å²) in [5, 5.41) is 0.758. The summed E-state index contributed by atoms with van der Waals surface area (Å²) < 4.78 is 0. The lowest BCUT2D eigenvalue weighted by atomic mass is 9.85. The van der Waals surface area contributed by atoms with Gasteiger partial charge in [-0.05, 0) is 30.9 Å². The predicted molar refractivity (Wildman–Crippen MR) is 78.1 cm³/mol.